The van der Waals surface area contributed by atoms with E-state index in [0.29, 0.717) is 13.0 Å². The zero-order chi connectivity index (χ0) is 38.5. The molecule has 1 aliphatic rings. The van der Waals surface area contributed by atoms with Crippen LogP contribution in [0.4, 0.5) is 0 Å². The Morgan fingerprint density at radius 2 is 1.02 bits per heavy atom. The Bertz CT molecular complexity index is 1350. The summed E-state index contributed by atoms with van der Waals surface area (Å²) < 4.78 is 40.4. The largest absolute Gasteiger partial charge is 0.459 e. The van der Waals surface area contributed by atoms with E-state index < -0.39 is 61.2 Å². The third kappa shape index (κ3) is 16.5. The molecule has 11 nitrogen and oxygen atoms in total. The summed E-state index contributed by atoms with van der Waals surface area (Å²) in [5, 5.41) is 0. The first kappa shape index (κ1) is 44.1. The molecule has 5 atom stereocenters. The van der Waals surface area contributed by atoms with Gasteiger partial charge in [-0.15, -0.1) is 0 Å². The molecule has 0 aliphatic carbocycles. The van der Waals surface area contributed by atoms with E-state index in [9.17, 15) is 19.2 Å². The molecule has 0 spiro atoms. The highest BCUT2D eigenvalue weighted by Crippen LogP contribution is 2.31. The van der Waals surface area contributed by atoms with Crippen LogP contribution in [0, 0.1) is 0 Å². The van der Waals surface area contributed by atoms with E-state index in [-0.39, 0.29) is 28.9 Å². The topological polar surface area (TPSA) is 133 Å². The summed E-state index contributed by atoms with van der Waals surface area (Å²) >= 11 is 0. The molecule has 0 N–H and O–H groups in total. The lowest BCUT2D eigenvalue weighted by Gasteiger charge is -2.44. The highest BCUT2D eigenvalue weighted by Gasteiger charge is 2.53. The van der Waals surface area contributed by atoms with Gasteiger partial charge in [-0.1, -0.05) is 108 Å². The molecule has 11 heteroatoms. The van der Waals surface area contributed by atoms with Crippen molar-refractivity contribution in [3.05, 3.63) is 84.5 Å². The second-order valence-electron chi connectivity index (χ2n) is 13.3. The molecule has 1 saturated heterocycles. The van der Waals surface area contributed by atoms with Gasteiger partial charge in [0.15, 0.2) is 24.6 Å². The Labute approximate surface area is 309 Å². The van der Waals surface area contributed by atoms with Crippen LogP contribution in [0.15, 0.2) is 78.9 Å². The molecular formula is C41H58O11. The van der Waals surface area contributed by atoms with Crippen molar-refractivity contribution in [1.29, 1.82) is 0 Å². The van der Waals surface area contributed by atoms with Crippen molar-refractivity contribution >= 4 is 23.9 Å². The van der Waals surface area contributed by atoms with Crippen molar-refractivity contribution in [3.8, 4) is 0 Å². The van der Waals surface area contributed by atoms with Gasteiger partial charge < -0.3 is 33.2 Å². The van der Waals surface area contributed by atoms with Crippen molar-refractivity contribution in [2.75, 3.05) is 19.8 Å². The number of benzene rings is 1. The maximum Gasteiger partial charge on any atom is 0.333 e. The van der Waals surface area contributed by atoms with E-state index in [1.807, 2.05) is 18.2 Å². The normalized spacial score (nSPS) is 19.6. The van der Waals surface area contributed by atoms with Crippen LogP contribution in [0.2, 0.25) is 0 Å². The van der Waals surface area contributed by atoms with Gasteiger partial charge in [-0.2, -0.15) is 0 Å². The Hall–Kier alpha value is -4.06. The molecule has 0 amide bonds. The second kappa shape index (κ2) is 24.2. The van der Waals surface area contributed by atoms with Gasteiger partial charge >= 0.3 is 23.9 Å². The minimum absolute atomic E-state index is 0.0494. The summed E-state index contributed by atoms with van der Waals surface area (Å²) in [6, 6.07) is 10.2. The summed E-state index contributed by atoms with van der Waals surface area (Å²) in [6.07, 6.45) is 4.04. The molecule has 0 radical (unpaired) electrons. The molecule has 0 bridgehead atoms. The molecule has 288 valence electrons. The first-order valence-electron chi connectivity index (χ1n) is 18.1. The van der Waals surface area contributed by atoms with Gasteiger partial charge in [0.25, 0.3) is 0 Å². The molecule has 1 aromatic carbocycles. The number of carbonyl (C=O) groups excluding carboxylic acids is 4. The average molecular weight is 727 g/mol. The van der Waals surface area contributed by atoms with Crippen molar-refractivity contribution in [1.82, 2.24) is 0 Å². The van der Waals surface area contributed by atoms with Crippen LogP contribution >= 0.6 is 0 Å². The maximum absolute atomic E-state index is 12.8. The predicted molar refractivity (Wildman–Crippen MR) is 197 cm³/mol. The first-order valence-corrected chi connectivity index (χ1v) is 18.1. The first-order chi connectivity index (χ1) is 24.8. The van der Waals surface area contributed by atoms with Crippen molar-refractivity contribution in [3.63, 3.8) is 0 Å². The van der Waals surface area contributed by atoms with Crippen LogP contribution < -0.4 is 0 Å². The van der Waals surface area contributed by atoms with Gasteiger partial charge in [-0.3, -0.25) is 0 Å². The zero-order valence-corrected chi connectivity index (χ0v) is 31.5. The lowest BCUT2D eigenvalue weighted by molar-refractivity contribution is -0.307. The molecular weight excluding hydrogens is 668 g/mol. The molecule has 1 aromatic rings. The Morgan fingerprint density at radius 1 is 0.577 bits per heavy atom. The van der Waals surface area contributed by atoms with Crippen LogP contribution in [0.3, 0.4) is 0 Å². The highest BCUT2D eigenvalue weighted by molar-refractivity contribution is 5.89. The molecule has 0 saturated carbocycles. The number of carbonyl (C=O) groups is 4. The molecule has 2 rings (SSSR count). The molecule has 1 fully saturated rings. The van der Waals surface area contributed by atoms with Crippen molar-refractivity contribution < 1.29 is 52.3 Å². The Kier molecular flexibility index (Phi) is 20.6. The van der Waals surface area contributed by atoms with E-state index in [1.54, 1.807) is 0 Å². The average Bonchev–Trinajstić information content (AvgIpc) is 3.10. The highest BCUT2D eigenvalue weighted by atomic mass is 16.7. The lowest BCUT2D eigenvalue weighted by Crippen LogP contribution is -2.63. The van der Waals surface area contributed by atoms with Crippen molar-refractivity contribution in [2.45, 2.75) is 129 Å². The quantitative estimate of drug-likeness (QED) is 0.0431. The SMILES string of the molecule is C=C(C)C(=O)OC[C@H]1O[C@@H](OCCCCCCCCCCCCOCc2ccccc2)[C@H](OC(=O)C(=C)C)[C@@H](OC(=O)C(=C)C)[C@@H]1OC(=O)C(=C)C. The smallest absolute Gasteiger partial charge is 0.333 e. The van der Waals surface area contributed by atoms with Gasteiger partial charge in [0, 0.05) is 35.5 Å². The van der Waals surface area contributed by atoms with Gasteiger partial charge in [0.1, 0.15) is 12.7 Å². The fourth-order valence-corrected chi connectivity index (χ4v) is 5.19. The Balaban J connectivity index is 1.94. The van der Waals surface area contributed by atoms with Gasteiger partial charge in [0.2, 0.25) is 0 Å². The number of rotatable bonds is 25. The summed E-state index contributed by atoms with van der Waals surface area (Å²) in [6.45, 7) is 21.5. The number of hydrogen-bond acceptors (Lipinski definition) is 11. The Morgan fingerprint density at radius 3 is 1.52 bits per heavy atom. The van der Waals surface area contributed by atoms with Crippen LogP contribution in [0.1, 0.15) is 97.5 Å². The molecule has 52 heavy (non-hydrogen) atoms. The third-order valence-electron chi connectivity index (χ3n) is 8.17. The fourth-order valence-electron chi connectivity index (χ4n) is 5.19. The van der Waals surface area contributed by atoms with E-state index in [0.717, 1.165) is 38.7 Å². The zero-order valence-electron chi connectivity index (χ0n) is 31.5. The van der Waals surface area contributed by atoms with E-state index in [1.165, 1.54) is 58.9 Å². The fraction of sp³-hybridized carbons (Fsp3) is 0.561. The van der Waals surface area contributed by atoms with E-state index in [2.05, 4.69) is 38.4 Å². The van der Waals surface area contributed by atoms with Crippen LogP contribution in [0.5, 0.6) is 0 Å². The lowest BCUT2D eigenvalue weighted by atomic mass is 9.97. The van der Waals surface area contributed by atoms with Crippen molar-refractivity contribution in [2.24, 2.45) is 0 Å². The summed E-state index contributed by atoms with van der Waals surface area (Å²) in [5.74, 6) is -3.16. The third-order valence-corrected chi connectivity index (χ3v) is 8.17. The molecule has 0 unspecified atom stereocenters. The molecule has 1 heterocycles. The second-order valence-corrected chi connectivity index (χ2v) is 13.3. The number of unbranched alkanes of at least 4 members (excludes halogenated alkanes) is 9. The summed E-state index contributed by atoms with van der Waals surface area (Å²) in [5.41, 5.74) is 1.51. The van der Waals surface area contributed by atoms with Gasteiger partial charge in [0.05, 0.1) is 6.61 Å². The van der Waals surface area contributed by atoms with Crippen LogP contribution in [-0.4, -0.2) is 74.4 Å². The van der Waals surface area contributed by atoms with Crippen LogP contribution in [-0.2, 0) is 58.9 Å². The number of ether oxygens (including phenoxy) is 7. The maximum atomic E-state index is 12.8. The minimum Gasteiger partial charge on any atom is -0.459 e. The summed E-state index contributed by atoms with van der Waals surface area (Å²) in [4.78, 5) is 50.6. The monoisotopic (exact) mass is 726 g/mol. The molecule has 1 aliphatic heterocycles. The number of esters is 4. The van der Waals surface area contributed by atoms with E-state index in [4.69, 9.17) is 33.2 Å². The standard InChI is InChI=1S/C41H58O11/c1-28(2)37(42)48-27-33-34(50-38(43)29(3)4)35(51-39(44)30(5)6)36(52-40(45)31(7)8)41(49-33)47-25-21-16-14-12-10-9-11-13-15-20-24-46-26-32-22-18-17-19-23-32/h17-19,22-23,33-36,41H,1,3,5,7,9-16,20-21,24-27H2,2,4,6,8H3/t33-,34-,35+,36-,41-/m1/s1. The number of hydrogen-bond donors (Lipinski definition) is 0. The summed E-state index contributed by atoms with van der Waals surface area (Å²) in [7, 11) is 0. The predicted octanol–water partition coefficient (Wildman–Crippen LogP) is 7.43. The van der Waals surface area contributed by atoms with Crippen LogP contribution in [0.25, 0.3) is 0 Å². The van der Waals surface area contributed by atoms with Gasteiger partial charge in [-0.05, 0) is 46.1 Å². The van der Waals surface area contributed by atoms with Gasteiger partial charge in [-0.25, -0.2) is 19.2 Å². The molecule has 0 aromatic heterocycles. The minimum atomic E-state index is -1.43. The van der Waals surface area contributed by atoms with E-state index >= 15 is 0 Å².